The van der Waals surface area contributed by atoms with Crippen LogP contribution in [0, 0.1) is 0 Å². The molecule has 0 radical (unpaired) electrons. The Bertz CT molecular complexity index is 730. The molecule has 0 spiro atoms. The van der Waals surface area contributed by atoms with Crippen LogP contribution in [0.5, 0.6) is 11.6 Å². The van der Waals surface area contributed by atoms with Crippen LogP contribution in [-0.2, 0) is 0 Å². The fraction of sp³-hybridized carbons (Fsp3) is 0. The van der Waals surface area contributed by atoms with Crippen LogP contribution < -0.4 is 10.5 Å². The topological polar surface area (TPSA) is 73.9 Å². The minimum absolute atomic E-state index is 0.326. The van der Waals surface area contributed by atoms with E-state index in [0.717, 1.165) is 0 Å². The predicted octanol–water partition coefficient (Wildman–Crippen LogP) is 3.05. The summed E-state index contributed by atoms with van der Waals surface area (Å²) in [7, 11) is 0. The van der Waals surface area contributed by atoms with Crippen LogP contribution in [-0.4, -0.2) is 15.0 Å². The van der Waals surface area contributed by atoms with Crippen molar-refractivity contribution >= 4 is 28.5 Å². The molecule has 2 N–H and O–H groups in total. The molecule has 0 saturated carbocycles. The molecule has 0 bridgehead atoms. The Labute approximate surface area is 114 Å². The number of nitrogen functional groups attached to an aromatic ring is 1. The summed E-state index contributed by atoms with van der Waals surface area (Å²) >= 11 is 5.81. The first-order valence-corrected chi connectivity index (χ1v) is 5.91. The maximum absolute atomic E-state index is 5.81. The Kier molecular flexibility index (Phi) is 2.89. The van der Waals surface area contributed by atoms with E-state index in [1.807, 2.05) is 0 Å². The van der Waals surface area contributed by atoms with Crippen molar-refractivity contribution in [3.8, 4) is 11.6 Å². The number of hydrogen-bond acceptors (Lipinski definition) is 5. The van der Waals surface area contributed by atoms with Crippen molar-refractivity contribution in [1.29, 1.82) is 0 Å². The molecule has 0 aliphatic carbocycles. The van der Waals surface area contributed by atoms with E-state index in [2.05, 4.69) is 15.0 Å². The second-order valence-corrected chi connectivity index (χ2v) is 4.27. The standard InChI is InChI=1S/C13H9ClN4O/c14-8-1-3-9(4-2-8)19-11-6-5-10-12(18-11)13(15)17-7-16-10/h1-7H,(H2,15,16,17). The third-order valence-electron chi connectivity index (χ3n) is 2.52. The number of hydrogen-bond donors (Lipinski definition) is 1. The summed E-state index contributed by atoms with van der Waals surface area (Å²) in [4.78, 5) is 12.3. The van der Waals surface area contributed by atoms with Crippen LogP contribution in [0.25, 0.3) is 11.0 Å². The van der Waals surface area contributed by atoms with Gasteiger partial charge in [-0.25, -0.2) is 15.0 Å². The van der Waals surface area contributed by atoms with Gasteiger partial charge in [-0.15, -0.1) is 0 Å². The molecule has 0 saturated heterocycles. The molecule has 0 amide bonds. The van der Waals surface area contributed by atoms with Gasteiger partial charge in [-0.05, 0) is 30.3 Å². The lowest BCUT2D eigenvalue weighted by Crippen LogP contribution is -1.96. The quantitative estimate of drug-likeness (QED) is 0.776. The number of anilines is 1. The zero-order valence-corrected chi connectivity index (χ0v) is 10.5. The van der Waals surface area contributed by atoms with Crippen LogP contribution >= 0.6 is 11.6 Å². The minimum Gasteiger partial charge on any atom is -0.439 e. The van der Waals surface area contributed by atoms with Crippen molar-refractivity contribution in [3.63, 3.8) is 0 Å². The maximum Gasteiger partial charge on any atom is 0.220 e. The smallest absolute Gasteiger partial charge is 0.220 e. The van der Waals surface area contributed by atoms with Gasteiger partial charge in [-0.1, -0.05) is 11.6 Å². The summed E-state index contributed by atoms with van der Waals surface area (Å²) in [5, 5.41) is 0.650. The van der Waals surface area contributed by atoms with E-state index in [0.29, 0.717) is 33.5 Å². The summed E-state index contributed by atoms with van der Waals surface area (Å²) < 4.78 is 5.62. The van der Waals surface area contributed by atoms with Crippen molar-refractivity contribution in [2.24, 2.45) is 0 Å². The van der Waals surface area contributed by atoms with Crippen molar-refractivity contribution in [2.45, 2.75) is 0 Å². The van der Waals surface area contributed by atoms with Crippen LogP contribution in [0.15, 0.2) is 42.7 Å². The number of nitrogens with two attached hydrogens (primary N) is 1. The lowest BCUT2D eigenvalue weighted by atomic mass is 10.3. The molecule has 94 valence electrons. The van der Waals surface area contributed by atoms with E-state index >= 15 is 0 Å². The second-order valence-electron chi connectivity index (χ2n) is 3.83. The van der Waals surface area contributed by atoms with E-state index in [1.54, 1.807) is 36.4 Å². The number of nitrogens with zero attached hydrogens (tertiary/aromatic N) is 3. The van der Waals surface area contributed by atoms with Crippen LogP contribution in [0.2, 0.25) is 5.02 Å². The third-order valence-corrected chi connectivity index (χ3v) is 2.77. The normalized spacial score (nSPS) is 10.6. The molecule has 2 aromatic heterocycles. The van der Waals surface area contributed by atoms with Gasteiger partial charge >= 0.3 is 0 Å². The summed E-state index contributed by atoms with van der Waals surface area (Å²) in [6, 6.07) is 10.5. The molecule has 3 aromatic rings. The molecule has 3 rings (SSSR count). The van der Waals surface area contributed by atoms with E-state index in [-0.39, 0.29) is 0 Å². The highest BCUT2D eigenvalue weighted by Crippen LogP contribution is 2.24. The number of halogens is 1. The molecule has 6 heteroatoms. The van der Waals surface area contributed by atoms with Crippen LogP contribution in [0.4, 0.5) is 5.82 Å². The Balaban J connectivity index is 1.97. The Morgan fingerprint density at radius 1 is 1.00 bits per heavy atom. The molecule has 1 aromatic carbocycles. The van der Waals surface area contributed by atoms with Crippen molar-refractivity contribution in [1.82, 2.24) is 15.0 Å². The molecule has 2 heterocycles. The zero-order valence-electron chi connectivity index (χ0n) is 9.75. The van der Waals surface area contributed by atoms with Crippen molar-refractivity contribution in [3.05, 3.63) is 47.7 Å². The fourth-order valence-corrected chi connectivity index (χ4v) is 1.75. The minimum atomic E-state index is 0.326. The fourth-order valence-electron chi connectivity index (χ4n) is 1.62. The van der Waals surface area contributed by atoms with E-state index in [1.165, 1.54) is 6.33 Å². The number of benzene rings is 1. The van der Waals surface area contributed by atoms with Gasteiger partial charge < -0.3 is 10.5 Å². The average molecular weight is 273 g/mol. The summed E-state index contributed by atoms with van der Waals surface area (Å²) in [6.45, 7) is 0. The maximum atomic E-state index is 5.81. The number of ether oxygens (including phenoxy) is 1. The Morgan fingerprint density at radius 2 is 1.79 bits per heavy atom. The first-order chi connectivity index (χ1) is 9.22. The predicted molar refractivity (Wildman–Crippen MR) is 73.3 cm³/mol. The average Bonchev–Trinajstić information content (AvgIpc) is 2.42. The number of rotatable bonds is 2. The number of aromatic nitrogens is 3. The Morgan fingerprint density at radius 3 is 2.58 bits per heavy atom. The van der Waals surface area contributed by atoms with Gasteiger partial charge in [0.1, 0.15) is 17.6 Å². The number of pyridine rings is 1. The molecule has 5 nitrogen and oxygen atoms in total. The van der Waals surface area contributed by atoms with Gasteiger partial charge in [0.15, 0.2) is 5.82 Å². The highest BCUT2D eigenvalue weighted by atomic mass is 35.5. The molecule has 0 aliphatic rings. The summed E-state index contributed by atoms with van der Waals surface area (Å²) in [5.41, 5.74) is 6.95. The number of fused-ring (bicyclic) bond motifs is 1. The van der Waals surface area contributed by atoms with Crippen molar-refractivity contribution in [2.75, 3.05) is 5.73 Å². The van der Waals surface area contributed by atoms with E-state index in [4.69, 9.17) is 22.1 Å². The van der Waals surface area contributed by atoms with Gasteiger partial charge in [-0.3, -0.25) is 0 Å². The molecule has 19 heavy (non-hydrogen) atoms. The summed E-state index contributed by atoms with van der Waals surface area (Å²) in [5.74, 6) is 1.40. The van der Waals surface area contributed by atoms with Gasteiger partial charge in [0.05, 0.1) is 5.52 Å². The lowest BCUT2D eigenvalue weighted by molar-refractivity contribution is 0.465. The molecule has 0 fully saturated rings. The zero-order chi connectivity index (χ0) is 13.2. The van der Waals surface area contributed by atoms with Gasteiger partial charge in [0, 0.05) is 11.1 Å². The van der Waals surface area contributed by atoms with Crippen molar-refractivity contribution < 1.29 is 4.74 Å². The second kappa shape index (κ2) is 4.70. The van der Waals surface area contributed by atoms with Crippen LogP contribution in [0.3, 0.4) is 0 Å². The first-order valence-electron chi connectivity index (χ1n) is 5.53. The van der Waals surface area contributed by atoms with Crippen LogP contribution in [0.1, 0.15) is 0 Å². The molecule has 0 unspecified atom stereocenters. The summed E-state index contributed by atoms with van der Waals surface area (Å²) in [6.07, 6.45) is 1.40. The molecule has 0 aliphatic heterocycles. The molecular weight excluding hydrogens is 264 g/mol. The lowest BCUT2D eigenvalue weighted by Gasteiger charge is -2.06. The van der Waals surface area contributed by atoms with Gasteiger partial charge in [0.25, 0.3) is 0 Å². The largest absolute Gasteiger partial charge is 0.439 e. The van der Waals surface area contributed by atoms with E-state index in [9.17, 15) is 0 Å². The SMILES string of the molecule is Nc1ncnc2ccc(Oc3ccc(Cl)cc3)nc12. The monoisotopic (exact) mass is 272 g/mol. The Hall–Kier alpha value is -2.40. The third kappa shape index (κ3) is 2.41. The van der Waals surface area contributed by atoms with E-state index < -0.39 is 0 Å². The first kappa shape index (κ1) is 11.7. The van der Waals surface area contributed by atoms with Gasteiger partial charge in [0.2, 0.25) is 5.88 Å². The molecular formula is C13H9ClN4O. The highest BCUT2D eigenvalue weighted by Gasteiger charge is 2.05. The van der Waals surface area contributed by atoms with Gasteiger partial charge in [-0.2, -0.15) is 0 Å². The molecule has 0 atom stereocenters. The highest BCUT2D eigenvalue weighted by molar-refractivity contribution is 6.30.